The van der Waals surface area contributed by atoms with Crippen molar-refractivity contribution in [3.8, 4) is 11.1 Å². The summed E-state index contributed by atoms with van der Waals surface area (Å²) in [6, 6.07) is 3.71. The molecule has 1 aromatic carbocycles. The number of piperidine rings is 1. The number of fused-ring (bicyclic) bond motifs is 2. The number of aryl methyl sites for hydroxylation is 2. The van der Waals surface area contributed by atoms with Gasteiger partial charge in [0.25, 0.3) is 6.43 Å². The van der Waals surface area contributed by atoms with Gasteiger partial charge in [0.15, 0.2) is 5.82 Å². The van der Waals surface area contributed by atoms with E-state index in [9.17, 15) is 18.0 Å². The van der Waals surface area contributed by atoms with Crippen molar-refractivity contribution < 1.29 is 18.0 Å². The van der Waals surface area contributed by atoms with Crippen LogP contribution in [0.1, 0.15) is 68.0 Å². The number of amides is 1. The van der Waals surface area contributed by atoms with Crippen molar-refractivity contribution in [3.63, 3.8) is 0 Å². The highest BCUT2D eigenvalue weighted by molar-refractivity contribution is 5.78. The fourth-order valence-corrected chi connectivity index (χ4v) is 6.78. The number of anilines is 2. The topological polar surface area (TPSA) is 62.4 Å². The summed E-state index contributed by atoms with van der Waals surface area (Å²) in [5.74, 6) is 0.782. The predicted octanol–water partition coefficient (Wildman–Crippen LogP) is 5.21. The molecule has 220 valence electrons. The Morgan fingerprint density at radius 1 is 1.10 bits per heavy atom. The molecule has 5 heterocycles. The third-order valence-corrected chi connectivity index (χ3v) is 8.80. The van der Waals surface area contributed by atoms with Gasteiger partial charge in [-0.05, 0) is 55.9 Å². The maximum atomic E-state index is 14.5. The quantitative estimate of drug-likeness (QED) is 0.408. The molecule has 8 nitrogen and oxygen atoms in total. The van der Waals surface area contributed by atoms with Gasteiger partial charge in [0, 0.05) is 87.4 Å². The molecule has 1 unspecified atom stereocenters. The van der Waals surface area contributed by atoms with Gasteiger partial charge < -0.3 is 14.7 Å². The minimum Gasteiger partial charge on any atom is -0.338 e. The molecule has 3 aliphatic heterocycles. The first-order valence-corrected chi connectivity index (χ1v) is 14.6. The van der Waals surface area contributed by atoms with Crippen LogP contribution in [0, 0.1) is 0 Å². The first-order valence-electron chi connectivity index (χ1n) is 14.6. The summed E-state index contributed by atoms with van der Waals surface area (Å²) in [7, 11) is 1.78. The van der Waals surface area contributed by atoms with Crippen LogP contribution in [0.25, 0.3) is 11.1 Å². The number of hydrogen-bond donors (Lipinski definition) is 0. The van der Waals surface area contributed by atoms with E-state index in [-0.39, 0.29) is 17.5 Å². The van der Waals surface area contributed by atoms with Crippen LogP contribution in [-0.4, -0.2) is 74.2 Å². The van der Waals surface area contributed by atoms with Crippen LogP contribution in [-0.2, 0) is 31.2 Å². The van der Waals surface area contributed by atoms with Crippen molar-refractivity contribution in [2.24, 2.45) is 7.05 Å². The second kappa shape index (κ2) is 11.2. The van der Waals surface area contributed by atoms with Crippen LogP contribution in [0.3, 0.4) is 0 Å². The Labute approximate surface area is 238 Å². The molecule has 0 bridgehead atoms. The van der Waals surface area contributed by atoms with Crippen LogP contribution >= 0.6 is 0 Å². The number of carbonyl (C=O) groups is 1. The highest BCUT2D eigenvalue weighted by Gasteiger charge is 2.34. The van der Waals surface area contributed by atoms with Crippen LogP contribution in [0.2, 0.25) is 0 Å². The minimum absolute atomic E-state index is 0.0168. The lowest BCUT2D eigenvalue weighted by Gasteiger charge is -2.34. The van der Waals surface area contributed by atoms with E-state index in [2.05, 4.69) is 19.6 Å². The summed E-state index contributed by atoms with van der Waals surface area (Å²) in [4.78, 5) is 18.5. The number of aromatic nitrogens is 4. The highest BCUT2D eigenvalue weighted by atomic mass is 19.3. The molecule has 1 fully saturated rings. The fraction of sp³-hybridized carbons (Fsp3) is 0.567. The SMILES string of the molecule is CC(=O)N1CCc2c(c(N3CCCc4cc(-c5cnn(C)c5)c(C(F)F)cc43)nn2C2CCN(CC(C)F)CC2)C1. The van der Waals surface area contributed by atoms with Gasteiger partial charge >= 0.3 is 0 Å². The molecule has 0 aliphatic carbocycles. The van der Waals surface area contributed by atoms with Gasteiger partial charge in [0.2, 0.25) is 5.91 Å². The van der Waals surface area contributed by atoms with Crippen LogP contribution < -0.4 is 4.90 Å². The second-order valence-corrected chi connectivity index (χ2v) is 11.7. The Hall–Kier alpha value is -3.34. The normalized spacial score (nSPS) is 19.0. The lowest BCUT2D eigenvalue weighted by molar-refractivity contribution is -0.129. The predicted molar refractivity (Wildman–Crippen MR) is 151 cm³/mol. The lowest BCUT2D eigenvalue weighted by atomic mass is 9.92. The largest absolute Gasteiger partial charge is 0.338 e. The average Bonchev–Trinajstić information content (AvgIpc) is 3.55. The molecule has 6 rings (SSSR count). The number of hydrogen-bond acceptors (Lipinski definition) is 5. The molecular weight excluding hydrogens is 531 g/mol. The molecule has 1 atom stereocenters. The molecule has 1 amide bonds. The fourth-order valence-electron chi connectivity index (χ4n) is 6.78. The number of halogens is 3. The van der Waals surface area contributed by atoms with Gasteiger partial charge in [-0.2, -0.15) is 10.2 Å². The Bertz CT molecular complexity index is 1420. The van der Waals surface area contributed by atoms with E-state index in [1.165, 1.54) is 0 Å². The van der Waals surface area contributed by atoms with Crippen LogP contribution in [0.5, 0.6) is 0 Å². The molecule has 1 saturated heterocycles. The average molecular weight is 570 g/mol. The van der Waals surface area contributed by atoms with E-state index >= 15 is 0 Å². The van der Waals surface area contributed by atoms with E-state index in [1.807, 2.05) is 11.0 Å². The van der Waals surface area contributed by atoms with Crippen molar-refractivity contribution >= 4 is 17.4 Å². The third-order valence-electron chi connectivity index (χ3n) is 8.80. The maximum Gasteiger partial charge on any atom is 0.264 e. The Balaban J connectivity index is 1.40. The van der Waals surface area contributed by atoms with Crippen molar-refractivity contribution in [3.05, 3.63) is 46.9 Å². The summed E-state index contributed by atoms with van der Waals surface area (Å²) in [6.07, 6.45) is 3.99. The number of nitrogens with zero attached hydrogens (tertiary/aromatic N) is 7. The molecular formula is C30H38F3N7O. The molecule has 41 heavy (non-hydrogen) atoms. The molecule has 11 heteroatoms. The Kier molecular flexibility index (Phi) is 7.56. The molecule has 3 aromatic rings. The number of rotatable bonds is 6. The smallest absolute Gasteiger partial charge is 0.264 e. The zero-order valence-corrected chi connectivity index (χ0v) is 24.0. The van der Waals surface area contributed by atoms with Crippen LogP contribution in [0.4, 0.5) is 24.7 Å². The standard InChI is InChI=1S/C30H38F3N7O/c1-19(31)16-37-10-6-23(7-11-37)40-27-8-12-38(20(2)41)18-26(27)30(35-40)39-9-4-5-21-13-24(22-15-34-36(3)17-22)25(29(32)33)14-28(21)39/h13-15,17,19,23,29H,4-12,16,18H2,1-3H3. The monoisotopic (exact) mass is 569 g/mol. The van der Waals surface area contributed by atoms with Crippen molar-refractivity contribution in [1.29, 1.82) is 0 Å². The van der Waals surface area contributed by atoms with Crippen molar-refractivity contribution in [2.45, 2.75) is 71.1 Å². The van der Waals surface area contributed by atoms with Crippen molar-refractivity contribution in [1.82, 2.24) is 29.4 Å². The summed E-state index contributed by atoms with van der Waals surface area (Å²) in [5.41, 5.74) is 5.08. The second-order valence-electron chi connectivity index (χ2n) is 11.7. The van der Waals surface area contributed by atoms with E-state index in [0.29, 0.717) is 43.7 Å². The van der Waals surface area contributed by atoms with Crippen molar-refractivity contribution in [2.75, 3.05) is 37.6 Å². The Morgan fingerprint density at radius 2 is 1.88 bits per heavy atom. The molecule has 0 spiro atoms. The van der Waals surface area contributed by atoms with Gasteiger partial charge in [-0.3, -0.25) is 14.2 Å². The first kappa shape index (κ1) is 27.8. The number of alkyl halides is 3. The summed E-state index contributed by atoms with van der Waals surface area (Å²) in [5, 5.41) is 9.39. The number of carbonyl (C=O) groups excluding carboxylic acids is 1. The summed E-state index contributed by atoms with van der Waals surface area (Å²) < 4.78 is 46.3. The maximum absolute atomic E-state index is 14.5. The molecule has 3 aliphatic rings. The summed E-state index contributed by atoms with van der Waals surface area (Å²) in [6.45, 7) is 7.00. The molecule has 2 aromatic heterocycles. The van der Waals surface area contributed by atoms with E-state index < -0.39 is 12.6 Å². The first-order chi connectivity index (χ1) is 19.7. The van der Waals surface area contributed by atoms with Crippen LogP contribution in [0.15, 0.2) is 24.5 Å². The zero-order valence-electron chi connectivity index (χ0n) is 24.0. The molecule has 0 N–H and O–H groups in total. The van der Waals surface area contributed by atoms with E-state index in [1.54, 1.807) is 44.0 Å². The third kappa shape index (κ3) is 5.36. The van der Waals surface area contributed by atoms with Gasteiger partial charge in [-0.25, -0.2) is 13.2 Å². The van der Waals surface area contributed by atoms with Gasteiger partial charge in [0.05, 0.1) is 18.8 Å². The van der Waals surface area contributed by atoms with Gasteiger partial charge in [0.1, 0.15) is 6.17 Å². The number of benzene rings is 1. The Morgan fingerprint density at radius 3 is 2.54 bits per heavy atom. The zero-order chi connectivity index (χ0) is 28.8. The van der Waals surface area contributed by atoms with Gasteiger partial charge in [-0.1, -0.05) is 0 Å². The van der Waals surface area contributed by atoms with Gasteiger partial charge in [-0.15, -0.1) is 0 Å². The van der Waals surface area contributed by atoms with E-state index in [0.717, 1.165) is 67.1 Å². The lowest BCUT2D eigenvalue weighted by Crippen LogP contribution is -2.39. The minimum atomic E-state index is -2.64. The molecule has 0 saturated carbocycles. The van der Waals surface area contributed by atoms with E-state index in [4.69, 9.17) is 5.10 Å². The number of likely N-dealkylation sites (tertiary alicyclic amines) is 1. The highest BCUT2D eigenvalue weighted by Crippen LogP contribution is 2.43. The molecule has 0 radical (unpaired) electrons. The summed E-state index contributed by atoms with van der Waals surface area (Å²) >= 11 is 0.